The maximum Gasteiger partial charge on any atom is 0.120 e. The molecule has 0 amide bonds. The van der Waals surface area contributed by atoms with Crippen LogP contribution >= 0.6 is 11.5 Å². The Bertz CT molecular complexity index is 488. The van der Waals surface area contributed by atoms with E-state index in [9.17, 15) is 0 Å². The van der Waals surface area contributed by atoms with Crippen LogP contribution in [0.2, 0.25) is 0 Å². The van der Waals surface area contributed by atoms with Crippen molar-refractivity contribution in [1.29, 1.82) is 0 Å². The van der Waals surface area contributed by atoms with Gasteiger partial charge in [0.1, 0.15) is 5.00 Å². The van der Waals surface area contributed by atoms with E-state index in [0.29, 0.717) is 6.04 Å². The quantitative estimate of drug-likeness (QED) is 0.861. The van der Waals surface area contributed by atoms with Crippen molar-refractivity contribution in [2.45, 2.75) is 12.5 Å². The zero-order valence-corrected chi connectivity index (χ0v) is 10.1. The van der Waals surface area contributed by atoms with Crippen molar-refractivity contribution in [3.8, 4) is 0 Å². The van der Waals surface area contributed by atoms with E-state index in [4.69, 9.17) is 0 Å². The van der Waals surface area contributed by atoms with E-state index in [1.807, 2.05) is 6.07 Å². The monoisotopic (exact) mass is 233 g/mol. The number of hydrogen-bond donors (Lipinski definition) is 1. The molecule has 1 aromatic carbocycles. The topological polar surface area (TPSA) is 28.2 Å². The molecule has 1 saturated heterocycles. The molecule has 1 aliphatic rings. The second-order valence-electron chi connectivity index (χ2n) is 4.26. The third-order valence-corrected chi connectivity index (χ3v) is 4.24. The first-order valence-electron chi connectivity index (χ1n) is 5.64. The number of nitrogens with zero attached hydrogens (tertiary/aromatic N) is 2. The van der Waals surface area contributed by atoms with Gasteiger partial charge in [0, 0.05) is 25.0 Å². The Labute approximate surface area is 99.2 Å². The van der Waals surface area contributed by atoms with Gasteiger partial charge in [0.15, 0.2) is 0 Å². The molecule has 3 rings (SSSR count). The van der Waals surface area contributed by atoms with Gasteiger partial charge in [-0.1, -0.05) is 12.1 Å². The molecular formula is C12H15N3S. The number of hydrogen-bond acceptors (Lipinski definition) is 4. The first kappa shape index (κ1) is 10.1. The van der Waals surface area contributed by atoms with Crippen LogP contribution in [0.1, 0.15) is 6.42 Å². The molecule has 84 valence electrons. The Morgan fingerprint density at radius 3 is 3.12 bits per heavy atom. The van der Waals surface area contributed by atoms with Gasteiger partial charge in [-0.2, -0.15) is 4.37 Å². The number of benzene rings is 1. The number of nitrogens with one attached hydrogen (secondary N) is 1. The van der Waals surface area contributed by atoms with Crippen molar-refractivity contribution >= 4 is 27.4 Å². The zero-order chi connectivity index (χ0) is 11.0. The van der Waals surface area contributed by atoms with Crippen molar-refractivity contribution in [2.24, 2.45) is 0 Å². The van der Waals surface area contributed by atoms with Gasteiger partial charge >= 0.3 is 0 Å². The molecule has 0 bridgehead atoms. The third-order valence-electron chi connectivity index (χ3n) is 3.27. The molecule has 1 atom stereocenters. The maximum absolute atomic E-state index is 4.49. The summed E-state index contributed by atoms with van der Waals surface area (Å²) in [5, 5.41) is 5.98. The number of aromatic nitrogens is 1. The number of fused-ring (bicyclic) bond motifs is 1. The Morgan fingerprint density at radius 2 is 2.31 bits per heavy atom. The molecular weight excluding hydrogens is 218 g/mol. The summed E-state index contributed by atoms with van der Waals surface area (Å²) >= 11 is 1.61. The van der Waals surface area contributed by atoms with E-state index in [1.165, 1.54) is 16.8 Å². The first-order valence-corrected chi connectivity index (χ1v) is 6.41. The van der Waals surface area contributed by atoms with Gasteiger partial charge in [0.05, 0.1) is 5.52 Å². The summed E-state index contributed by atoms with van der Waals surface area (Å²) in [6, 6.07) is 8.98. The lowest BCUT2D eigenvalue weighted by atomic mass is 10.2. The average Bonchev–Trinajstić information content (AvgIpc) is 2.98. The van der Waals surface area contributed by atoms with E-state index in [2.05, 4.69) is 39.8 Å². The standard InChI is InChI=1S/C12H15N3S/c1-15(9-6-7-13-8-9)12-10-4-2-3-5-11(10)14-16-12/h2-5,9,13H,6-8H2,1H3. The summed E-state index contributed by atoms with van der Waals surface area (Å²) in [6.07, 6.45) is 1.22. The number of rotatable bonds is 2. The molecule has 1 aromatic heterocycles. The Morgan fingerprint density at radius 1 is 1.44 bits per heavy atom. The fourth-order valence-electron chi connectivity index (χ4n) is 2.27. The lowest BCUT2D eigenvalue weighted by Gasteiger charge is -2.24. The Hall–Kier alpha value is -1.13. The van der Waals surface area contributed by atoms with Crippen LogP contribution in [0.15, 0.2) is 24.3 Å². The van der Waals surface area contributed by atoms with Crippen LogP contribution in [-0.2, 0) is 0 Å². The van der Waals surface area contributed by atoms with Crippen molar-refractivity contribution in [3.05, 3.63) is 24.3 Å². The Kier molecular flexibility index (Phi) is 2.53. The molecule has 0 radical (unpaired) electrons. The molecule has 2 heterocycles. The predicted octanol–water partition coefficient (Wildman–Crippen LogP) is 2.09. The van der Waals surface area contributed by atoms with E-state index >= 15 is 0 Å². The van der Waals surface area contributed by atoms with Crippen LogP contribution < -0.4 is 10.2 Å². The van der Waals surface area contributed by atoms with E-state index < -0.39 is 0 Å². The molecule has 1 unspecified atom stereocenters. The molecule has 4 heteroatoms. The van der Waals surface area contributed by atoms with E-state index in [1.54, 1.807) is 11.5 Å². The van der Waals surface area contributed by atoms with Crippen LogP contribution in [0, 0.1) is 0 Å². The summed E-state index contributed by atoms with van der Waals surface area (Å²) in [7, 11) is 2.18. The van der Waals surface area contributed by atoms with Crippen molar-refractivity contribution in [3.63, 3.8) is 0 Å². The van der Waals surface area contributed by atoms with Crippen molar-refractivity contribution in [2.75, 3.05) is 25.0 Å². The molecule has 1 N–H and O–H groups in total. The van der Waals surface area contributed by atoms with Gasteiger partial charge in [-0.15, -0.1) is 0 Å². The van der Waals surface area contributed by atoms with Crippen LogP contribution in [0.25, 0.3) is 10.9 Å². The third kappa shape index (κ3) is 1.58. The highest BCUT2D eigenvalue weighted by Gasteiger charge is 2.22. The van der Waals surface area contributed by atoms with Crippen molar-refractivity contribution in [1.82, 2.24) is 9.69 Å². The van der Waals surface area contributed by atoms with Gasteiger partial charge < -0.3 is 10.2 Å². The molecule has 3 nitrogen and oxygen atoms in total. The maximum atomic E-state index is 4.49. The minimum absolute atomic E-state index is 0.615. The second kappa shape index (κ2) is 4.03. The minimum atomic E-state index is 0.615. The van der Waals surface area contributed by atoms with Gasteiger partial charge in [-0.3, -0.25) is 0 Å². The highest BCUT2D eigenvalue weighted by atomic mass is 32.1. The molecule has 1 fully saturated rings. The molecule has 1 aliphatic heterocycles. The number of likely N-dealkylation sites (N-methyl/N-ethyl adjacent to an activating group) is 1. The summed E-state index contributed by atoms with van der Waals surface area (Å²) in [5.74, 6) is 0. The lowest BCUT2D eigenvalue weighted by molar-refractivity contribution is 0.692. The largest absolute Gasteiger partial charge is 0.360 e. The lowest BCUT2D eigenvalue weighted by Crippen LogP contribution is -2.32. The van der Waals surface area contributed by atoms with Crippen LogP contribution in [0.4, 0.5) is 5.00 Å². The summed E-state index contributed by atoms with van der Waals surface area (Å²) < 4.78 is 4.49. The van der Waals surface area contributed by atoms with Crippen LogP contribution in [-0.4, -0.2) is 30.6 Å². The highest BCUT2D eigenvalue weighted by Crippen LogP contribution is 2.32. The summed E-state index contributed by atoms with van der Waals surface area (Å²) in [5.41, 5.74) is 1.11. The van der Waals surface area contributed by atoms with Gasteiger partial charge in [-0.05, 0) is 36.6 Å². The molecule has 2 aromatic rings. The van der Waals surface area contributed by atoms with E-state index in [0.717, 1.165) is 18.6 Å². The smallest absolute Gasteiger partial charge is 0.120 e. The highest BCUT2D eigenvalue weighted by molar-refractivity contribution is 7.11. The van der Waals surface area contributed by atoms with E-state index in [-0.39, 0.29) is 0 Å². The fraction of sp³-hybridized carbons (Fsp3) is 0.417. The Balaban J connectivity index is 1.98. The first-order chi connectivity index (χ1) is 7.86. The van der Waals surface area contributed by atoms with Crippen molar-refractivity contribution < 1.29 is 0 Å². The fourth-order valence-corrected chi connectivity index (χ4v) is 3.16. The van der Waals surface area contributed by atoms with Gasteiger partial charge in [0.2, 0.25) is 0 Å². The van der Waals surface area contributed by atoms with Crippen LogP contribution in [0.5, 0.6) is 0 Å². The summed E-state index contributed by atoms with van der Waals surface area (Å²) in [6.45, 7) is 2.22. The van der Waals surface area contributed by atoms with Crippen LogP contribution in [0.3, 0.4) is 0 Å². The van der Waals surface area contributed by atoms with Gasteiger partial charge in [0.25, 0.3) is 0 Å². The predicted molar refractivity (Wildman–Crippen MR) is 69.3 cm³/mol. The molecule has 0 spiro atoms. The second-order valence-corrected chi connectivity index (χ2v) is 5.01. The SMILES string of the molecule is CN(c1snc2ccccc12)C1CCNC1. The summed E-state index contributed by atoms with van der Waals surface area (Å²) in [4.78, 5) is 2.38. The normalized spacial score (nSPS) is 20.4. The molecule has 0 saturated carbocycles. The minimum Gasteiger partial charge on any atom is -0.360 e. The molecule has 0 aliphatic carbocycles. The molecule has 16 heavy (non-hydrogen) atoms. The number of anilines is 1. The van der Waals surface area contributed by atoms with Gasteiger partial charge in [-0.25, -0.2) is 0 Å². The average molecular weight is 233 g/mol. The zero-order valence-electron chi connectivity index (χ0n) is 9.31.